The van der Waals surface area contributed by atoms with Crippen molar-refractivity contribution in [2.75, 3.05) is 0 Å². The molecule has 6 nitrogen and oxygen atoms in total. The van der Waals surface area contributed by atoms with E-state index in [0.29, 0.717) is 0 Å². The summed E-state index contributed by atoms with van der Waals surface area (Å²) in [5.41, 5.74) is 5.50. The van der Waals surface area contributed by atoms with Gasteiger partial charge in [-0.05, 0) is 13.8 Å². The van der Waals surface area contributed by atoms with Gasteiger partial charge in [-0.1, -0.05) is 0 Å². The van der Waals surface area contributed by atoms with Crippen LogP contribution in [0.3, 0.4) is 0 Å². The van der Waals surface area contributed by atoms with E-state index in [1.165, 1.54) is 0 Å². The first-order valence-corrected chi connectivity index (χ1v) is 5.72. The summed E-state index contributed by atoms with van der Waals surface area (Å²) in [5.74, 6) is -1.55. The molecular formula is C8H12N2O4S. The van der Waals surface area contributed by atoms with Crippen molar-refractivity contribution in [2.24, 2.45) is 5.73 Å². The molecule has 0 bridgehead atoms. The molecule has 4 atom stereocenters. The molecule has 0 aromatic carbocycles. The molecule has 7 heteroatoms. The number of carbonyl (C=O) groups excluding carboxylic acids is 1. The Hall–Kier alpha value is -0.950. The van der Waals surface area contributed by atoms with Crippen molar-refractivity contribution in [3.05, 3.63) is 0 Å². The van der Waals surface area contributed by atoms with Crippen LogP contribution in [0.2, 0.25) is 0 Å². The lowest BCUT2D eigenvalue weighted by Gasteiger charge is -2.40. The number of rotatable bonds is 1. The van der Waals surface area contributed by atoms with Gasteiger partial charge in [0.1, 0.15) is 17.5 Å². The zero-order valence-corrected chi connectivity index (χ0v) is 9.15. The molecule has 2 rings (SSSR count). The molecule has 0 saturated carbocycles. The fourth-order valence-corrected chi connectivity index (χ4v) is 4.06. The van der Waals surface area contributed by atoms with Crippen LogP contribution in [0.4, 0.5) is 0 Å². The van der Waals surface area contributed by atoms with Gasteiger partial charge in [0.2, 0.25) is 5.91 Å². The maximum Gasteiger partial charge on any atom is 0.328 e. The Balaban J connectivity index is 2.45. The van der Waals surface area contributed by atoms with Crippen LogP contribution in [-0.2, 0) is 20.4 Å². The van der Waals surface area contributed by atoms with E-state index in [4.69, 9.17) is 10.8 Å². The topological polar surface area (TPSA) is 101 Å². The van der Waals surface area contributed by atoms with E-state index in [0.717, 1.165) is 4.90 Å². The van der Waals surface area contributed by atoms with Gasteiger partial charge >= 0.3 is 5.97 Å². The van der Waals surface area contributed by atoms with Crippen LogP contribution in [0.5, 0.6) is 0 Å². The van der Waals surface area contributed by atoms with E-state index in [2.05, 4.69) is 0 Å². The molecule has 2 fully saturated rings. The number of β-lactam (4-membered cyclic amide) rings is 1. The number of nitrogens with two attached hydrogens (primary N) is 1. The number of carbonyl (C=O) groups is 2. The normalized spacial score (nSPS) is 42.3. The largest absolute Gasteiger partial charge is 0.480 e. The molecule has 2 heterocycles. The molecule has 3 N–H and O–H groups in total. The average molecular weight is 232 g/mol. The van der Waals surface area contributed by atoms with E-state index in [-0.39, 0.29) is 0 Å². The summed E-state index contributed by atoms with van der Waals surface area (Å²) in [4.78, 5) is 23.6. The first kappa shape index (κ1) is 10.6. The number of nitrogens with zero attached hydrogens (tertiary/aromatic N) is 1. The van der Waals surface area contributed by atoms with Gasteiger partial charge in [0.15, 0.2) is 0 Å². The molecule has 2 aliphatic rings. The van der Waals surface area contributed by atoms with Gasteiger partial charge in [-0.3, -0.25) is 9.00 Å². The Labute approximate surface area is 88.9 Å². The number of hydrogen-bond acceptors (Lipinski definition) is 4. The van der Waals surface area contributed by atoms with Crippen molar-refractivity contribution in [3.8, 4) is 0 Å². The number of aliphatic carboxylic acids is 1. The van der Waals surface area contributed by atoms with E-state index in [1.54, 1.807) is 13.8 Å². The minimum atomic E-state index is -1.42. The van der Waals surface area contributed by atoms with E-state index in [9.17, 15) is 13.8 Å². The van der Waals surface area contributed by atoms with Crippen LogP contribution in [0.25, 0.3) is 0 Å². The van der Waals surface area contributed by atoms with Crippen molar-refractivity contribution in [1.82, 2.24) is 4.90 Å². The van der Waals surface area contributed by atoms with E-state index >= 15 is 0 Å². The standard InChI is InChI=1S/C8H12N2O4S/c1-8(2)4(7(12)13)10-5(11)3(9)6(10)15(8)14/h3-4,6H,9H2,1-2H3,(H,12,13)/t3?,4-,6?,15?/m0/s1. The second kappa shape index (κ2) is 2.79. The predicted molar refractivity (Wildman–Crippen MR) is 52.3 cm³/mol. The number of amides is 1. The lowest BCUT2D eigenvalue weighted by molar-refractivity contribution is -0.159. The maximum absolute atomic E-state index is 11.9. The minimum Gasteiger partial charge on any atom is -0.480 e. The molecule has 0 radical (unpaired) electrons. The fraction of sp³-hybridized carbons (Fsp3) is 0.750. The van der Waals surface area contributed by atoms with Gasteiger partial charge in [0.25, 0.3) is 0 Å². The van der Waals surface area contributed by atoms with Crippen LogP contribution >= 0.6 is 0 Å². The predicted octanol–water partition coefficient (Wildman–Crippen LogP) is -1.52. The molecule has 2 aliphatic heterocycles. The van der Waals surface area contributed by atoms with Gasteiger partial charge in [-0.25, -0.2) is 4.79 Å². The highest BCUT2D eigenvalue weighted by atomic mass is 32.2. The summed E-state index contributed by atoms with van der Waals surface area (Å²) < 4.78 is 11.0. The fourth-order valence-electron chi connectivity index (χ4n) is 2.19. The van der Waals surface area contributed by atoms with Crippen molar-refractivity contribution < 1.29 is 18.9 Å². The van der Waals surface area contributed by atoms with Crippen molar-refractivity contribution in [1.29, 1.82) is 0 Å². The molecular weight excluding hydrogens is 220 g/mol. The summed E-state index contributed by atoms with van der Waals surface area (Å²) in [6.45, 7) is 3.17. The molecule has 0 aromatic rings. The first-order chi connectivity index (χ1) is 6.80. The van der Waals surface area contributed by atoms with Gasteiger partial charge in [0.05, 0.1) is 15.5 Å². The quantitative estimate of drug-likeness (QED) is 0.534. The van der Waals surface area contributed by atoms with Crippen LogP contribution < -0.4 is 5.73 Å². The van der Waals surface area contributed by atoms with Crippen molar-refractivity contribution in [2.45, 2.75) is 36.1 Å². The van der Waals surface area contributed by atoms with Gasteiger partial charge in [-0.2, -0.15) is 0 Å². The summed E-state index contributed by atoms with van der Waals surface area (Å²) >= 11 is 0. The average Bonchev–Trinajstić information content (AvgIpc) is 2.32. The highest BCUT2D eigenvalue weighted by Gasteiger charge is 2.66. The number of hydrogen-bond donors (Lipinski definition) is 2. The third kappa shape index (κ3) is 1.04. The summed E-state index contributed by atoms with van der Waals surface area (Å²) in [6, 6.07) is -1.84. The number of carboxylic acid groups (broad SMARTS) is 1. The van der Waals surface area contributed by atoms with Gasteiger partial charge in [0, 0.05) is 0 Å². The van der Waals surface area contributed by atoms with Gasteiger partial charge < -0.3 is 15.7 Å². The summed E-state index contributed by atoms with van der Waals surface area (Å²) in [5, 5.41) is 8.39. The first-order valence-electron chi connectivity index (χ1n) is 4.51. The smallest absolute Gasteiger partial charge is 0.328 e. The molecule has 0 spiro atoms. The third-order valence-electron chi connectivity index (χ3n) is 3.03. The van der Waals surface area contributed by atoms with Crippen LogP contribution in [0.1, 0.15) is 13.8 Å². The van der Waals surface area contributed by atoms with Crippen LogP contribution in [0, 0.1) is 0 Å². The van der Waals surface area contributed by atoms with Crippen molar-refractivity contribution >= 4 is 22.7 Å². The maximum atomic E-state index is 11.9. The number of fused-ring (bicyclic) bond motifs is 1. The van der Waals surface area contributed by atoms with E-state index in [1.807, 2.05) is 0 Å². The minimum absolute atomic E-state index is 0.425. The highest BCUT2D eigenvalue weighted by molar-refractivity contribution is 7.87. The van der Waals surface area contributed by atoms with Gasteiger partial charge in [-0.15, -0.1) is 0 Å². The van der Waals surface area contributed by atoms with Crippen molar-refractivity contribution in [3.63, 3.8) is 0 Å². The third-order valence-corrected chi connectivity index (χ3v) is 5.25. The zero-order chi connectivity index (χ0) is 11.5. The molecule has 84 valence electrons. The second-order valence-corrected chi connectivity index (χ2v) is 6.43. The Kier molecular flexibility index (Phi) is 1.97. The second-order valence-electron chi connectivity index (χ2n) is 4.30. The van der Waals surface area contributed by atoms with E-state index < -0.39 is 44.9 Å². The Morgan fingerprint density at radius 3 is 2.60 bits per heavy atom. The summed E-state index contributed by atoms with van der Waals surface area (Å²) in [6.07, 6.45) is 0. The van der Waals surface area contributed by atoms with Crippen LogP contribution in [-0.4, -0.2) is 48.3 Å². The lowest BCUT2D eigenvalue weighted by Crippen LogP contribution is -2.69. The van der Waals surface area contributed by atoms with Crippen LogP contribution in [0.15, 0.2) is 0 Å². The molecule has 3 unspecified atom stereocenters. The molecule has 0 aromatic heterocycles. The summed E-state index contributed by atoms with van der Waals surface area (Å²) in [7, 11) is -1.42. The monoisotopic (exact) mass is 232 g/mol. The molecule has 0 aliphatic carbocycles. The molecule has 2 saturated heterocycles. The highest BCUT2D eigenvalue weighted by Crippen LogP contribution is 2.42. The number of carboxylic acids is 1. The molecule has 15 heavy (non-hydrogen) atoms. The Bertz CT molecular complexity index is 381. The Morgan fingerprint density at radius 2 is 2.13 bits per heavy atom. The molecule has 1 amide bonds. The lowest BCUT2D eigenvalue weighted by atomic mass is 9.96. The Morgan fingerprint density at radius 1 is 1.60 bits per heavy atom. The SMILES string of the molecule is CC1(C)[C@H](C(=O)O)N2C(=O)C(N)C2S1=O. The zero-order valence-electron chi connectivity index (χ0n) is 8.34.